The fourth-order valence-corrected chi connectivity index (χ4v) is 7.73. The quantitative estimate of drug-likeness (QED) is 0.165. The van der Waals surface area contributed by atoms with Gasteiger partial charge in [-0.3, -0.25) is 9.80 Å². The largest absolute Gasteiger partial charge is 0.279 e. The molecule has 8 aromatic carbocycles. The van der Waals surface area contributed by atoms with Gasteiger partial charge in [0, 0.05) is 28.3 Å². The predicted octanol–water partition coefficient (Wildman–Crippen LogP) is 13.1. The lowest BCUT2D eigenvalue weighted by molar-refractivity contribution is 0.717. The Balaban J connectivity index is 1.24. The summed E-state index contributed by atoms with van der Waals surface area (Å²) in [4.78, 5) is 20.4. The Hall–Kier alpha value is -7.11. The smallest absolute Gasteiger partial charge is 0.240 e. The first-order chi connectivity index (χ1) is 27.1. The minimum Gasteiger partial charge on any atom is -0.279 e. The first-order valence-corrected chi connectivity index (χ1v) is 18.8. The maximum Gasteiger partial charge on any atom is 0.240 e. The van der Waals surface area contributed by atoms with E-state index in [0.29, 0.717) is 23.6 Å². The van der Waals surface area contributed by atoms with Crippen molar-refractivity contribution in [3.63, 3.8) is 0 Å². The van der Waals surface area contributed by atoms with Crippen LogP contribution in [-0.4, -0.2) is 15.0 Å². The molecule has 0 bridgehead atoms. The van der Waals surface area contributed by atoms with Crippen LogP contribution in [0.2, 0.25) is 0 Å². The van der Waals surface area contributed by atoms with Gasteiger partial charge in [-0.25, -0.2) is 0 Å². The molecule has 1 aliphatic rings. The van der Waals surface area contributed by atoms with Crippen molar-refractivity contribution in [1.29, 1.82) is 0 Å². The van der Waals surface area contributed by atoms with E-state index in [-0.39, 0.29) is 0 Å². The molecule has 1 heterocycles. The van der Waals surface area contributed by atoms with Crippen molar-refractivity contribution in [2.24, 2.45) is 5.92 Å². The molecule has 1 aliphatic carbocycles. The Morgan fingerprint density at radius 2 is 0.873 bits per heavy atom. The van der Waals surface area contributed by atoms with Crippen LogP contribution >= 0.6 is 0 Å². The van der Waals surface area contributed by atoms with Crippen molar-refractivity contribution in [3.8, 4) is 11.4 Å². The molecule has 0 spiro atoms. The minimum absolute atomic E-state index is 0.461. The zero-order valence-electron chi connectivity index (χ0n) is 30.4. The SMILES string of the molecule is CC1C=Cc2ccc(N(c3ccc4ccccc4c3)c3nc(-c4ccccc4)nc(N(c4ccc5ccccc5c4)c4ccc5ccccc5c4)n3)cc2C1. The Bertz CT molecular complexity index is 2820. The van der Waals surface area contributed by atoms with Crippen molar-refractivity contribution in [2.45, 2.75) is 13.3 Å². The molecular formula is C50H37N5. The van der Waals surface area contributed by atoms with Gasteiger partial charge in [0.05, 0.1) is 0 Å². The number of aromatic nitrogens is 3. The third kappa shape index (κ3) is 6.26. The van der Waals surface area contributed by atoms with Crippen LogP contribution in [0.25, 0.3) is 49.8 Å². The van der Waals surface area contributed by atoms with Gasteiger partial charge in [-0.05, 0) is 104 Å². The van der Waals surface area contributed by atoms with Crippen LogP contribution in [0.4, 0.5) is 34.6 Å². The van der Waals surface area contributed by atoms with E-state index < -0.39 is 0 Å². The third-order valence-corrected chi connectivity index (χ3v) is 10.5. The van der Waals surface area contributed by atoms with Gasteiger partial charge < -0.3 is 0 Å². The molecule has 0 amide bonds. The van der Waals surface area contributed by atoms with Crippen molar-refractivity contribution in [1.82, 2.24) is 15.0 Å². The predicted molar refractivity (Wildman–Crippen MR) is 229 cm³/mol. The molecule has 1 aromatic heterocycles. The summed E-state index contributed by atoms with van der Waals surface area (Å²) in [6.45, 7) is 2.27. The molecule has 10 rings (SSSR count). The molecule has 0 radical (unpaired) electrons. The fourth-order valence-electron chi connectivity index (χ4n) is 7.73. The van der Waals surface area contributed by atoms with Gasteiger partial charge in [-0.1, -0.05) is 146 Å². The molecule has 1 atom stereocenters. The normalized spacial score (nSPS) is 13.6. The minimum atomic E-state index is 0.461. The highest BCUT2D eigenvalue weighted by Crippen LogP contribution is 2.41. The summed E-state index contributed by atoms with van der Waals surface area (Å²) in [5.41, 5.74) is 7.35. The van der Waals surface area contributed by atoms with Gasteiger partial charge in [-0.2, -0.15) is 15.0 Å². The van der Waals surface area contributed by atoms with Crippen LogP contribution in [0.1, 0.15) is 18.1 Å². The Morgan fingerprint density at radius 1 is 0.436 bits per heavy atom. The van der Waals surface area contributed by atoms with Crippen molar-refractivity contribution in [2.75, 3.05) is 9.80 Å². The monoisotopic (exact) mass is 707 g/mol. The van der Waals surface area contributed by atoms with Crippen LogP contribution in [0.5, 0.6) is 0 Å². The molecule has 55 heavy (non-hydrogen) atoms. The number of anilines is 6. The average Bonchev–Trinajstić information content (AvgIpc) is 3.24. The van der Waals surface area contributed by atoms with Gasteiger partial charge in [0.15, 0.2) is 5.82 Å². The van der Waals surface area contributed by atoms with Crippen LogP contribution in [0.15, 0.2) is 182 Å². The second-order valence-corrected chi connectivity index (χ2v) is 14.3. The van der Waals surface area contributed by atoms with E-state index in [1.165, 1.54) is 27.3 Å². The second kappa shape index (κ2) is 13.7. The lowest BCUT2D eigenvalue weighted by atomic mass is 9.90. The van der Waals surface area contributed by atoms with E-state index in [0.717, 1.165) is 50.9 Å². The standard InChI is InChI=1S/C50H37N5/c1-34-19-20-38-24-28-47(33-43(38)29-34)55(46-27-23-37-13-7-10-18-42(37)32-46)50-52-48(39-14-3-2-4-15-39)51-49(53-50)54(44-25-21-35-11-5-8-16-40(35)30-44)45-26-22-36-12-6-9-17-41(36)31-45/h2-28,30-34H,29H2,1H3. The van der Waals surface area contributed by atoms with E-state index in [1.54, 1.807) is 0 Å². The van der Waals surface area contributed by atoms with Gasteiger partial charge in [0.1, 0.15) is 0 Å². The highest BCUT2D eigenvalue weighted by molar-refractivity contribution is 5.93. The first-order valence-electron chi connectivity index (χ1n) is 18.8. The lowest BCUT2D eigenvalue weighted by Gasteiger charge is -2.28. The molecule has 262 valence electrons. The molecule has 0 N–H and O–H groups in total. The summed E-state index contributed by atoms with van der Waals surface area (Å²) >= 11 is 0. The van der Waals surface area contributed by atoms with Crippen LogP contribution in [0.3, 0.4) is 0 Å². The first kappa shape index (κ1) is 32.5. The van der Waals surface area contributed by atoms with Crippen LogP contribution in [0, 0.1) is 5.92 Å². The maximum atomic E-state index is 5.45. The molecule has 9 aromatic rings. The zero-order chi connectivity index (χ0) is 36.7. The van der Waals surface area contributed by atoms with Crippen molar-refractivity contribution < 1.29 is 0 Å². The number of benzene rings is 8. The summed E-state index contributed by atoms with van der Waals surface area (Å²) in [6.07, 6.45) is 5.51. The van der Waals surface area contributed by atoms with E-state index >= 15 is 0 Å². The molecule has 5 heteroatoms. The van der Waals surface area contributed by atoms with E-state index in [1.807, 2.05) is 18.2 Å². The summed E-state index contributed by atoms with van der Waals surface area (Å²) in [7, 11) is 0. The molecular weight excluding hydrogens is 671 g/mol. The summed E-state index contributed by atoms with van der Waals surface area (Å²) in [6, 6.07) is 62.0. The number of allylic oxidation sites excluding steroid dienone is 1. The van der Waals surface area contributed by atoms with E-state index in [2.05, 4.69) is 187 Å². The number of hydrogen-bond donors (Lipinski definition) is 0. The zero-order valence-corrected chi connectivity index (χ0v) is 30.4. The Morgan fingerprint density at radius 3 is 1.38 bits per heavy atom. The van der Waals surface area contributed by atoms with Crippen LogP contribution < -0.4 is 9.80 Å². The Kier molecular flexibility index (Phi) is 8.11. The number of hydrogen-bond acceptors (Lipinski definition) is 5. The van der Waals surface area contributed by atoms with Gasteiger partial charge >= 0.3 is 0 Å². The average molecular weight is 708 g/mol. The molecule has 0 aliphatic heterocycles. The number of fused-ring (bicyclic) bond motifs is 4. The highest BCUT2D eigenvalue weighted by Gasteiger charge is 2.25. The van der Waals surface area contributed by atoms with Crippen LogP contribution in [-0.2, 0) is 6.42 Å². The Labute approximate surface area is 320 Å². The van der Waals surface area contributed by atoms with E-state index in [4.69, 9.17) is 15.0 Å². The van der Waals surface area contributed by atoms with E-state index in [9.17, 15) is 0 Å². The van der Waals surface area contributed by atoms with Crippen molar-refractivity contribution in [3.05, 3.63) is 193 Å². The molecule has 0 saturated heterocycles. The van der Waals surface area contributed by atoms with Gasteiger partial charge in [0.2, 0.25) is 11.9 Å². The highest BCUT2D eigenvalue weighted by atomic mass is 15.3. The second-order valence-electron chi connectivity index (χ2n) is 14.3. The van der Waals surface area contributed by atoms with Crippen molar-refractivity contribution >= 4 is 73.0 Å². The maximum absolute atomic E-state index is 5.45. The number of nitrogens with zero attached hydrogens (tertiary/aromatic N) is 5. The summed E-state index contributed by atoms with van der Waals surface area (Å²) in [5, 5.41) is 6.94. The summed E-state index contributed by atoms with van der Waals surface area (Å²) in [5.74, 6) is 2.11. The fraction of sp³-hybridized carbons (Fsp3) is 0.0600. The topological polar surface area (TPSA) is 45.2 Å². The molecule has 5 nitrogen and oxygen atoms in total. The molecule has 1 unspecified atom stereocenters. The van der Waals surface area contributed by atoms with Gasteiger partial charge in [-0.15, -0.1) is 0 Å². The third-order valence-electron chi connectivity index (χ3n) is 10.5. The molecule has 0 fully saturated rings. The molecule has 0 saturated carbocycles. The summed E-state index contributed by atoms with van der Waals surface area (Å²) < 4.78 is 0. The lowest BCUT2D eigenvalue weighted by Crippen LogP contribution is -2.19. The number of rotatable bonds is 7. The van der Waals surface area contributed by atoms with Gasteiger partial charge in [0.25, 0.3) is 0 Å².